The fourth-order valence-electron chi connectivity index (χ4n) is 1.23. The van der Waals surface area contributed by atoms with Crippen molar-refractivity contribution < 1.29 is 0 Å². The Kier molecular flexibility index (Phi) is 4.17. The zero-order valence-corrected chi connectivity index (χ0v) is 10.8. The summed E-state index contributed by atoms with van der Waals surface area (Å²) in [6.07, 6.45) is 2.85. The predicted molar refractivity (Wildman–Crippen MR) is 67.1 cm³/mol. The Morgan fingerprint density at radius 1 is 1.40 bits per heavy atom. The molecule has 0 aliphatic carbocycles. The van der Waals surface area contributed by atoms with Crippen LogP contribution in [0.3, 0.4) is 0 Å². The van der Waals surface area contributed by atoms with Crippen LogP contribution < -0.4 is 5.73 Å². The van der Waals surface area contributed by atoms with Crippen LogP contribution >= 0.6 is 11.8 Å². The lowest BCUT2D eigenvalue weighted by atomic mass is 10.1. The van der Waals surface area contributed by atoms with Crippen LogP contribution in [0.2, 0.25) is 0 Å². The third kappa shape index (κ3) is 4.22. The first-order valence-electron chi connectivity index (χ1n) is 5.33. The molecule has 84 valence electrons. The Labute approximate surface area is 96.7 Å². The summed E-state index contributed by atoms with van der Waals surface area (Å²) in [6, 6.07) is 4.20. The van der Waals surface area contributed by atoms with Gasteiger partial charge in [0.25, 0.3) is 0 Å². The maximum Gasteiger partial charge on any atom is 0.0571 e. The molecule has 0 bridgehead atoms. The van der Waals surface area contributed by atoms with E-state index in [1.54, 1.807) is 0 Å². The van der Waals surface area contributed by atoms with Gasteiger partial charge in [-0.3, -0.25) is 4.98 Å². The standard InChI is InChI=1S/C12H20N2S/c1-5-10(13)11-7-6-9(8-14-11)15-12(2,3)4/h6-8,10H,5,13H2,1-4H3/t10-/m0/s1. The number of aromatic nitrogens is 1. The molecule has 0 spiro atoms. The van der Waals surface area contributed by atoms with Crippen LogP contribution in [0.25, 0.3) is 0 Å². The quantitative estimate of drug-likeness (QED) is 0.800. The molecule has 0 unspecified atom stereocenters. The summed E-state index contributed by atoms with van der Waals surface area (Å²) in [5.74, 6) is 0. The van der Waals surface area contributed by atoms with Crippen LogP contribution in [0.5, 0.6) is 0 Å². The molecule has 0 saturated carbocycles. The number of hydrogen-bond acceptors (Lipinski definition) is 3. The first kappa shape index (κ1) is 12.5. The van der Waals surface area contributed by atoms with Crippen molar-refractivity contribution in [3.8, 4) is 0 Å². The van der Waals surface area contributed by atoms with Gasteiger partial charge in [-0.15, -0.1) is 11.8 Å². The van der Waals surface area contributed by atoms with Gasteiger partial charge in [0.15, 0.2) is 0 Å². The first-order chi connectivity index (χ1) is 6.92. The van der Waals surface area contributed by atoms with E-state index in [1.165, 1.54) is 4.90 Å². The van der Waals surface area contributed by atoms with Gasteiger partial charge in [0.2, 0.25) is 0 Å². The monoisotopic (exact) mass is 224 g/mol. The maximum atomic E-state index is 5.90. The first-order valence-corrected chi connectivity index (χ1v) is 6.14. The van der Waals surface area contributed by atoms with Gasteiger partial charge < -0.3 is 5.73 Å². The molecule has 15 heavy (non-hydrogen) atoms. The number of nitrogens with zero attached hydrogens (tertiary/aromatic N) is 1. The van der Waals surface area contributed by atoms with Gasteiger partial charge in [0, 0.05) is 21.9 Å². The minimum absolute atomic E-state index is 0.0682. The van der Waals surface area contributed by atoms with Gasteiger partial charge in [0.05, 0.1) is 5.69 Å². The van der Waals surface area contributed by atoms with E-state index in [2.05, 4.69) is 38.7 Å². The number of thioether (sulfide) groups is 1. The number of nitrogens with two attached hydrogens (primary N) is 1. The average Bonchev–Trinajstić information content (AvgIpc) is 2.15. The highest BCUT2D eigenvalue weighted by Gasteiger charge is 2.12. The second-order valence-corrected chi connectivity index (χ2v) is 6.55. The third-order valence-corrected chi connectivity index (χ3v) is 3.09. The van der Waals surface area contributed by atoms with E-state index >= 15 is 0 Å². The lowest BCUT2D eigenvalue weighted by Crippen LogP contribution is -2.11. The third-order valence-electron chi connectivity index (χ3n) is 2.00. The zero-order valence-electron chi connectivity index (χ0n) is 9.95. The molecule has 0 fully saturated rings. The summed E-state index contributed by atoms with van der Waals surface area (Å²) in [4.78, 5) is 5.59. The molecule has 0 aromatic carbocycles. The van der Waals surface area contributed by atoms with E-state index in [4.69, 9.17) is 5.73 Å². The van der Waals surface area contributed by atoms with Crippen molar-refractivity contribution in [3.63, 3.8) is 0 Å². The summed E-state index contributed by atoms with van der Waals surface area (Å²) in [5, 5.41) is 0. The second-order valence-electron chi connectivity index (χ2n) is 4.65. The Hall–Kier alpha value is -0.540. The zero-order chi connectivity index (χ0) is 11.5. The molecule has 1 heterocycles. The van der Waals surface area contributed by atoms with Gasteiger partial charge in [-0.05, 0) is 18.6 Å². The molecule has 0 amide bonds. The van der Waals surface area contributed by atoms with Gasteiger partial charge >= 0.3 is 0 Å². The molecular weight excluding hydrogens is 204 g/mol. The number of pyridine rings is 1. The van der Waals surface area contributed by atoms with Crippen molar-refractivity contribution >= 4 is 11.8 Å². The molecule has 1 aromatic heterocycles. The summed E-state index contributed by atoms with van der Waals surface area (Å²) >= 11 is 1.83. The molecule has 3 heteroatoms. The predicted octanol–water partition coefficient (Wildman–Crippen LogP) is 3.38. The molecule has 0 aliphatic heterocycles. The van der Waals surface area contributed by atoms with E-state index in [-0.39, 0.29) is 10.8 Å². The molecular formula is C12H20N2S. The van der Waals surface area contributed by atoms with Gasteiger partial charge in [0.1, 0.15) is 0 Å². The smallest absolute Gasteiger partial charge is 0.0571 e. The van der Waals surface area contributed by atoms with Crippen molar-refractivity contribution in [2.75, 3.05) is 0 Å². The maximum absolute atomic E-state index is 5.90. The molecule has 1 rings (SSSR count). The molecule has 1 atom stereocenters. The van der Waals surface area contributed by atoms with Crippen LogP contribution in [-0.4, -0.2) is 9.73 Å². The molecule has 1 aromatic rings. The lowest BCUT2D eigenvalue weighted by Gasteiger charge is -2.17. The van der Waals surface area contributed by atoms with Crippen molar-refractivity contribution in [1.29, 1.82) is 0 Å². The van der Waals surface area contributed by atoms with Crippen molar-refractivity contribution in [2.24, 2.45) is 5.73 Å². The van der Waals surface area contributed by atoms with Gasteiger partial charge in [-0.2, -0.15) is 0 Å². The Morgan fingerprint density at radius 2 is 2.07 bits per heavy atom. The van der Waals surface area contributed by atoms with E-state index in [9.17, 15) is 0 Å². The van der Waals surface area contributed by atoms with Gasteiger partial charge in [-0.1, -0.05) is 27.7 Å². The van der Waals surface area contributed by atoms with Crippen LogP contribution in [0.4, 0.5) is 0 Å². The minimum atomic E-state index is 0.0682. The summed E-state index contributed by atoms with van der Waals surface area (Å²) < 4.78 is 0.232. The van der Waals surface area contributed by atoms with Crippen molar-refractivity contribution in [3.05, 3.63) is 24.0 Å². The number of hydrogen-bond donors (Lipinski definition) is 1. The second kappa shape index (κ2) is 4.99. The van der Waals surface area contributed by atoms with Crippen molar-refractivity contribution in [1.82, 2.24) is 4.98 Å². The highest BCUT2D eigenvalue weighted by molar-refractivity contribution is 8.00. The minimum Gasteiger partial charge on any atom is -0.323 e. The fraction of sp³-hybridized carbons (Fsp3) is 0.583. The Balaban J connectivity index is 2.72. The highest BCUT2D eigenvalue weighted by atomic mass is 32.2. The summed E-state index contributed by atoms with van der Waals surface area (Å²) in [5.41, 5.74) is 6.88. The number of rotatable bonds is 3. The van der Waals surface area contributed by atoms with Gasteiger partial charge in [-0.25, -0.2) is 0 Å². The summed E-state index contributed by atoms with van der Waals surface area (Å²) in [7, 11) is 0. The molecule has 2 N–H and O–H groups in total. The highest BCUT2D eigenvalue weighted by Crippen LogP contribution is 2.31. The van der Waals surface area contributed by atoms with Crippen LogP contribution in [0, 0.1) is 0 Å². The normalized spacial score (nSPS) is 13.9. The molecule has 2 nitrogen and oxygen atoms in total. The molecule has 0 aliphatic rings. The lowest BCUT2D eigenvalue weighted by molar-refractivity contribution is 0.673. The van der Waals surface area contributed by atoms with Crippen LogP contribution in [0.1, 0.15) is 45.9 Å². The van der Waals surface area contributed by atoms with Crippen molar-refractivity contribution in [2.45, 2.75) is 49.8 Å². The SMILES string of the molecule is CC[C@H](N)c1ccc(SC(C)(C)C)cn1. The fourth-order valence-corrected chi connectivity index (χ4v) is 2.18. The van der Waals surface area contributed by atoms with Crippen LogP contribution in [0.15, 0.2) is 23.2 Å². The Morgan fingerprint density at radius 3 is 2.47 bits per heavy atom. The topological polar surface area (TPSA) is 38.9 Å². The largest absolute Gasteiger partial charge is 0.323 e. The van der Waals surface area contributed by atoms with Crippen LogP contribution in [-0.2, 0) is 0 Å². The molecule has 0 saturated heterocycles. The van der Waals surface area contributed by atoms with E-state index in [0.29, 0.717) is 0 Å². The average molecular weight is 224 g/mol. The van der Waals surface area contributed by atoms with E-state index in [0.717, 1.165) is 12.1 Å². The van der Waals surface area contributed by atoms with E-state index < -0.39 is 0 Å². The molecule has 0 radical (unpaired) electrons. The Bertz CT molecular complexity index is 300. The summed E-state index contributed by atoms with van der Waals surface area (Å²) in [6.45, 7) is 8.67. The van der Waals surface area contributed by atoms with E-state index in [1.807, 2.05) is 24.0 Å².